The Morgan fingerprint density at radius 1 is 1.25 bits per heavy atom. The first-order chi connectivity index (χ1) is 9.74. The Labute approximate surface area is 121 Å². The molecule has 2 unspecified atom stereocenters. The van der Waals surface area contributed by atoms with E-state index in [4.69, 9.17) is 4.74 Å². The molecule has 1 fully saturated rings. The summed E-state index contributed by atoms with van der Waals surface area (Å²) in [5.74, 6) is 0.802. The van der Waals surface area contributed by atoms with E-state index in [-0.39, 0.29) is 0 Å². The monoisotopic (exact) mass is 278 g/mol. The molecule has 112 valence electrons. The summed E-state index contributed by atoms with van der Waals surface area (Å²) in [7, 11) is 0. The van der Waals surface area contributed by atoms with Crippen LogP contribution in [-0.4, -0.2) is 54.9 Å². The highest BCUT2D eigenvalue weighted by molar-refractivity contribution is 5.20. The van der Waals surface area contributed by atoms with E-state index in [0.29, 0.717) is 19.2 Å². The van der Waals surface area contributed by atoms with Gasteiger partial charge < -0.3 is 20.1 Å². The van der Waals surface area contributed by atoms with Crippen molar-refractivity contribution in [3.8, 4) is 5.75 Å². The molecule has 0 spiro atoms. The molecule has 4 heteroatoms. The summed E-state index contributed by atoms with van der Waals surface area (Å²) in [5.41, 5.74) is 0. The second kappa shape index (κ2) is 8.25. The first-order valence-corrected chi connectivity index (χ1v) is 7.55. The topological polar surface area (TPSA) is 44.7 Å². The predicted octanol–water partition coefficient (Wildman–Crippen LogP) is 1.50. The second-order valence-electron chi connectivity index (χ2n) is 5.59. The van der Waals surface area contributed by atoms with E-state index in [2.05, 4.69) is 17.1 Å². The SMILES string of the molecule is CC(CN1CCCC1)NCC(O)COc1ccccc1. The minimum atomic E-state index is -0.476. The number of ether oxygens (including phenoxy) is 1. The van der Waals surface area contributed by atoms with Crippen LogP contribution in [0.2, 0.25) is 0 Å². The summed E-state index contributed by atoms with van der Waals surface area (Å²) in [4.78, 5) is 2.48. The van der Waals surface area contributed by atoms with Gasteiger partial charge in [-0.1, -0.05) is 18.2 Å². The van der Waals surface area contributed by atoms with E-state index in [0.717, 1.165) is 12.3 Å². The van der Waals surface area contributed by atoms with E-state index in [1.54, 1.807) is 0 Å². The Balaban J connectivity index is 1.58. The molecule has 0 aromatic heterocycles. The number of aliphatic hydroxyl groups excluding tert-OH is 1. The summed E-state index contributed by atoms with van der Waals surface area (Å²) in [6, 6.07) is 10.0. The van der Waals surface area contributed by atoms with Gasteiger partial charge in [0.2, 0.25) is 0 Å². The average Bonchev–Trinajstić information content (AvgIpc) is 2.97. The van der Waals surface area contributed by atoms with E-state index >= 15 is 0 Å². The maximum Gasteiger partial charge on any atom is 0.119 e. The van der Waals surface area contributed by atoms with E-state index in [1.165, 1.54) is 25.9 Å². The van der Waals surface area contributed by atoms with Gasteiger partial charge in [-0.15, -0.1) is 0 Å². The van der Waals surface area contributed by atoms with Crippen LogP contribution in [0.4, 0.5) is 0 Å². The van der Waals surface area contributed by atoms with Gasteiger partial charge in [-0.2, -0.15) is 0 Å². The Morgan fingerprint density at radius 3 is 2.65 bits per heavy atom. The van der Waals surface area contributed by atoms with Crippen LogP contribution in [0.5, 0.6) is 5.75 Å². The second-order valence-corrected chi connectivity index (χ2v) is 5.59. The number of para-hydroxylation sites is 1. The van der Waals surface area contributed by atoms with Crippen molar-refractivity contribution in [3.05, 3.63) is 30.3 Å². The average molecular weight is 278 g/mol. The molecule has 1 aliphatic rings. The van der Waals surface area contributed by atoms with Gasteiger partial charge in [-0.05, 0) is 45.0 Å². The first kappa shape index (κ1) is 15.3. The molecular weight excluding hydrogens is 252 g/mol. The number of hydrogen-bond acceptors (Lipinski definition) is 4. The van der Waals surface area contributed by atoms with Gasteiger partial charge in [0.05, 0.1) is 0 Å². The molecule has 1 heterocycles. The van der Waals surface area contributed by atoms with Gasteiger partial charge in [0, 0.05) is 19.1 Å². The maximum absolute atomic E-state index is 9.92. The normalized spacial score (nSPS) is 18.9. The zero-order valence-electron chi connectivity index (χ0n) is 12.3. The molecule has 0 radical (unpaired) electrons. The highest BCUT2D eigenvalue weighted by atomic mass is 16.5. The molecule has 20 heavy (non-hydrogen) atoms. The summed E-state index contributed by atoms with van der Waals surface area (Å²) in [6.07, 6.45) is 2.16. The zero-order valence-corrected chi connectivity index (χ0v) is 12.3. The molecule has 0 saturated carbocycles. The van der Waals surface area contributed by atoms with E-state index in [9.17, 15) is 5.11 Å². The lowest BCUT2D eigenvalue weighted by atomic mass is 10.3. The number of nitrogens with one attached hydrogen (secondary N) is 1. The number of aliphatic hydroxyl groups is 1. The van der Waals surface area contributed by atoms with Crippen molar-refractivity contribution >= 4 is 0 Å². The lowest BCUT2D eigenvalue weighted by Crippen LogP contribution is -2.42. The summed E-state index contributed by atoms with van der Waals surface area (Å²) < 4.78 is 5.53. The van der Waals surface area contributed by atoms with Crippen molar-refractivity contribution < 1.29 is 9.84 Å². The molecule has 0 amide bonds. The Kier molecular flexibility index (Phi) is 6.30. The minimum Gasteiger partial charge on any atom is -0.491 e. The molecule has 0 bridgehead atoms. The summed E-state index contributed by atoms with van der Waals surface area (Å²) >= 11 is 0. The fourth-order valence-electron chi connectivity index (χ4n) is 2.52. The van der Waals surface area contributed by atoms with Crippen LogP contribution >= 0.6 is 0 Å². The quantitative estimate of drug-likeness (QED) is 0.756. The highest BCUT2D eigenvalue weighted by Gasteiger charge is 2.15. The first-order valence-electron chi connectivity index (χ1n) is 7.55. The third-order valence-corrected chi connectivity index (χ3v) is 3.62. The van der Waals surface area contributed by atoms with Crippen molar-refractivity contribution in [1.82, 2.24) is 10.2 Å². The van der Waals surface area contributed by atoms with Crippen LogP contribution in [-0.2, 0) is 0 Å². The molecule has 2 N–H and O–H groups in total. The third-order valence-electron chi connectivity index (χ3n) is 3.62. The number of hydrogen-bond donors (Lipinski definition) is 2. The van der Waals surface area contributed by atoms with Crippen molar-refractivity contribution in [2.24, 2.45) is 0 Å². The van der Waals surface area contributed by atoms with E-state index in [1.807, 2.05) is 30.3 Å². The zero-order chi connectivity index (χ0) is 14.2. The van der Waals surface area contributed by atoms with Crippen LogP contribution in [0.3, 0.4) is 0 Å². The lowest BCUT2D eigenvalue weighted by molar-refractivity contribution is 0.102. The summed E-state index contributed by atoms with van der Waals surface area (Å²) in [6.45, 7) is 6.56. The lowest BCUT2D eigenvalue weighted by Gasteiger charge is -2.22. The smallest absolute Gasteiger partial charge is 0.119 e. The van der Waals surface area contributed by atoms with Gasteiger partial charge in [-0.3, -0.25) is 0 Å². The Hall–Kier alpha value is -1.10. The van der Waals surface area contributed by atoms with Crippen LogP contribution in [0.15, 0.2) is 30.3 Å². The van der Waals surface area contributed by atoms with Crippen LogP contribution in [0.25, 0.3) is 0 Å². The Morgan fingerprint density at radius 2 is 1.95 bits per heavy atom. The molecular formula is C16H26N2O2. The molecule has 0 aliphatic carbocycles. The van der Waals surface area contributed by atoms with Crippen LogP contribution in [0.1, 0.15) is 19.8 Å². The molecule has 1 aromatic rings. The maximum atomic E-state index is 9.92. The van der Waals surface area contributed by atoms with Gasteiger partial charge in [-0.25, -0.2) is 0 Å². The number of rotatable bonds is 8. The Bertz CT molecular complexity index is 366. The highest BCUT2D eigenvalue weighted by Crippen LogP contribution is 2.09. The molecule has 4 nitrogen and oxygen atoms in total. The number of likely N-dealkylation sites (tertiary alicyclic amines) is 1. The number of benzene rings is 1. The third kappa shape index (κ3) is 5.49. The minimum absolute atomic E-state index is 0.327. The van der Waals surface area contributed by atoms with Crippen LogP contribution in [0, 0.1) is 0 Å². The largest absolute Gasteiger partial charge is 0.491 e. The van der Waals surface area contributed by atoms with Crippen molar-refractivity contribution in [1.29, 1.82) is 0 Å². The molecule has 2 rings (SSSR count). The van der Waals surface area contributed by atoms with Crippen LogP contribution < -0.4 is 10.1 Å². The van der Waals surface area contributed by atoms with Gasteiger partial charge in [0.25, 0.3) is 0 Å². The fraction of sp³-hybridized carbons (Fsp3) is 0.625. The van der Waals surface area contributed by atoms with E-state index < -0.39 is 6.10 Å². The summed E-state index contributed by atoms with van der Waals surface area (Å²) in [5, 5.41) is 13.3. The van der Waals surface area contributed by atoms with Crippen molar-refractivity contribution in [2.45, 2.75) is 31.9 Å². The van der Waals surface area contributed by atoms with Gasteiger partial charge in [0.1, 0.15) is 18.5 Å². The number of nitrogens with zero attached hydrogens (tertiary/aromatic N) is 1. The van der Waals surface area contributed by atoms with Crippen molar-refractivity contribution in [2.75, 3.05) is 32.8 Å². The standard InChI is InChI=1S/C16H26N2O2/c1-14(12-18-9-5-6-10-18)17-11-15(19)13-20-16-7-3-2-4-8-16/h2-4,7-8,14-15,17,19H,5-6,9-13H2,1H3. The molecule has 2 atom stereocenters. The predicted molar refractivity (Wildman–Crippen MR) is 81.1 cm³/mol. The van der Waals surface area contributed by atoms with Crippen molar-refractivity contribution in [3.63, 3.8) is 0 Å². The molecule has 1 aliphatic heterocycles. The molecule has 1 aromatic carbocycles. The molecule has 1 saturated heterocycles. The van der Waals surface area contributed by atoms with Gasteiger partial charge in [0.15, 0.2) is 0 Å². The fourth-order valence-corrected chi connectivity index (χ4v) is 2.52. The van der Waals surface area contributed by atoms with Gasteiger partial charge >= 0.3 is 0 Å².